The fraction of sp³-hybridized carbons (Fsp3) is 0.333. The first-order chi connectivity index (χ1) is 8.40. The van der Waals surface area contributed by atoms with Gasteiger partial charge in [0.2, 0.25) is 5.91 Å². The lowest BCUT2D eigenvalue weighted by atomic mass is 10.1. The predicted molar refractivity (Wildman–Crippen MR) is 71.1 cm³/mol. The maximum Gasteiger partial charge on any atom is 0.326 e. The van der Waals surface area contributed by atoms with E-state index in [0.717, 1.165) is 10.0 Å². The standard InChI is InChI=1S/C12H15BrN2O3/c1-7(14)11(16)15-10(12(17)18)6-8-2-4-9(13)5-3-8/h2-5,7,10H,6,14H2,1H3,(H,15,16)(H,17,18)/t7-,10+/m1/s1. The van der Waals surface area contributed by atoms with E-state index in [2.05, 4.69) is 21.2 Å². The largest absolute Gasteiger partial charge is 0.480 e. The number of carbonyl (C=O) groups is 2. The van der Waals surface area contributed by atoms with Crippen molar-refractivity contribution in [3.63, 3.8) is 0 Å². The predicted octanol–water partition coefficient (Wildman–Crippen LogP) is 0.908. The average Bonchev–Trinajstić information content (AvgIpc) is 2.30. The highest BCUT2D eigenvalue weighted by Crippen LogP contribution is 2.12. The molecule has 4 N–H and O–H groups in total. The van der Waals surface area contributed by atoms with E-state index in [1.807, 2.05) is 12.1 Å². The minimum atomic E-state index is -1.08. The molecule has 0 heterocycles. The van der Waals surface area contributed by atoms with Crippen LogP contribution in [0.25, 0.3) is 0 Å². The Hall–Kier alpha value is -1.40. The molecule has 6 heteroatoms. The summed E-state index contributed by atoms with van der Waals surface area (Å²) in [5.41, 5.74) is 6.22. The number of hydrogen-bond acceptors (Lipinski definition) is 3. The van der Waals surface area contributed by atoms with Gasteiger partial charge in [0.1, 0.15) is 6.04 Å². The second-order valence-corrected chi connectivity index (χ2v) is 4.93. The molecule has 5 nitrogen and oxygen atoms in total. The minimum Gasteiger partial charge on any atom is -0.480 e. The topological polar surface area (TPSA) is 92.4 Å². The van der Waals surface area contributed by atoms with Crippen molar-refractivity contribution in [1.82, 2.24) is 5.32 Å². The summed E-state index contributed by atoms with van der Waals surface area (Å²) in [6, 6.07) is 5.56. The number of hydrogen-bond donors (Lipinski definition) is 3. The number of nitrogens with two attached hydrogens (primary N) is 1. The lowest BCUT2D eigenvalue weighted by molar-refractivity contribution is -0.141. The molecule has 1 rings (SSSR count). The molecular formula is C12H15BrN2O3. The summed E-state index contributed by atoms with van der Waals surface area (Å²) in [5, 5.41) is 11.5. The molecular weight excluding hydrogens is 300 g/mol. The first kappa shape index (κ1) is 14.7. The number of carboxylic acids is 1. The molecule has 0 saturated heterocycles. The van der Waals surface area contributed by atoms with Crippen LogP contribution in [-0.2, 0) is 16.0 Å². The third kappa shape index (κ3) is 4.46. The van der Waals surface area contributed by atoms with Crippen molar-refractivity contribution < 1.29 is 14.7 Å². The Morgan fingerprint density at radius 3 is 2.39 bits per heavy atom. The first-order valence-electron chi connectivity index (χ1n) is 5.43. The SMILES string of the molecule is C[C@@H](N)C(=O)N[C@@H](Cc1ccc(Br)cc1)C(=O)O. The Morgan fingerprint density at radius 2 is 1.94 bits per heavy atom. The van der Waals surface area contributed by atoms with Gasteiger partial charge in [-0.3, -0.25) is 4.79 Å². The molecule has 1 amide bonds. The number of rotatable bonds is 5. The molecule has 18 heavy (non-hydrogen) atoms. The highest BCUT2D eigenvalue weighted by atomic mass is 79.9. The number of carboxylic acid groups (broad SMARTS) is 1. The van der Waals surface area contributed by atoms with Crippen molar-refractivity contribution in [1.29, 1.82) is 0 Å². The number of aliphatic carboxylic acids is 1. The maximum absolute atomic E-state index is 11.4. The van der Waals surface area contributed by atoms with Crippen LogP contribution >= 0.6 is 15.9 Å². The van der Waals surface area contributed by atoms with E-state index < -0.39 is 24.0 Å². The van der Waals surface area contributed by atoms with E-state index >= 15 is 0 Å². The van der Waals surface area contributed by atoms with Crippen LogP contribution in [-0.4, -0.2) is 29.1 Å². The van der Waals surface area contributed by atoms with Crippen molar-refractivity contribution in [3.8, 4) is 0 Å². The van der Waals surface area contributed by atoms with Crippen molar-refractivity contribution in [3.05, 3.63) is 34.3 Å². The van der Waals surface area contributed by atoms with E-state index in [0.29, 0.717) is 0 Å². The van der Waals surface area contributed by atoms with Crippen LogP contribution in [0.4, 0.5) is 0 Å². The van der Waals surface area contributed by atoms with Crippen molar-refractivity contribution in [2.45, 2.75) is 25.4 Å². The number of amides is 1. The highest BCUT2D eigenvalue weighted by molar-refractivity contribution is 9.10. The van der Waals surface area contributed by atoms with E-state index in [9.17, 15) is 9.59 Å². The summed E-state index contributed by atoms with van der Waals surface area (Å²) in [7, 11) is 0. The van der Waals surface area contributed by atoms with Crippen LogP contribution in [0.3, 0.4) is 0 Å². The van der Waals surface area contributed by atoms with Gasteiger partial charge in [0, 0.05) is 10.9 Å². The third-order valence-corrected chi connectivity index (χ3v) is 2.91. The van der Waals surface area contributed by atoms with Gasteiger partial charge < -0.3 is 16.2 Å². The summed E-state index contributed by atoms with van der Waals surface area (Å²) >= 11 is 3.30. The van der Waals surface area contributed by atoms with Crippen molar-refractivity contribution in [2.75, 3.05) is 0 Å². The summed E-state index contributed by atoms with van der Waals surface area (Å²) in [6.07, 6.45) is 0.223. The van der Waals surface area contributed by atoms with Crippen LogP contribution in [0.1, 0.15) is 12.5 Å². The van der Waals surface area contributed by atoms with Gasteiger partial charge in [-0.1, -0.05) is 28.1 Å². The Balaban J connectivity index is 2.72. The third-order valence-electron chi connectivity index (χ3n) is 2.38. The Kier molecular flexibility index (Phi) is 5.30. The zero-order valence-electron chi connectivity index (χ0n) is 9.89. The Labute approximate surface area is 113 Å². The zero-order chi connectivity index (χ0) is 13.7. The lowest BCUT2D eigenvalue weighted by Gasteiger charge is -2.16. The normalized spacial score (nSPS) is 13.7. The van der Waals surface area contributed by atoms with Gasteiger partial charge in [0.25, 0.3) is 0 Å². The van der Waals surface area contributed by atoms with E-state index in [1.165, 1.54) is 6.92 Å². The van der Waals surface area contributed by atoms with E-state index in [4.69, 9.17) is 10.8 Å². The van der Waals surface area contributed by atoms with Gasteiger partial charge in [0.15, 0.2) is 0 Å². The van der Waals surface area contributed by atoms with Crippen LogP contribution in [0.2, 0.25) is 0 Å². The molecule has 2 atom stereocenters. The Morgan fingerprint density at radius 1 is 1.39 bits per heavy atom. The monoisotopic (exact) mass is 314 g/mol. The lowest BCUT2D eigenvalue weighted by Crippen LogP contribution is -2.48. The fourth-order valence-corrected chi connectivity index (χ4v) is 1.62. The van der Waals surface area contributed by atoms with Crippen LogP contribution in [0.15, 0.2) is 28.7 Å². The smallest absolute Gasteiger partial charge is 0.326 e. The van der Waals surface area contributed by atoms with Crippen molar-refractivity contribution >= 4 is 27.8 Å². The average molecular weight is 315 g/mol. The summed E-state index contributed by atoms with van der Waals surface area (Å²) in [5.74, 6) is -1.55. The van der Waals surface area contributed by atoms with Gasteiger partial charge in [0.05, 0.1) is 6.04 Å². The number of halogens is 1. The first-order valence-corrected chi connectivity index (χ1v) is 6.22. The van der Waals surface area contributed by atoms with E-state index in [1.54, 1.807) is 12.1 Å². The van der Waals surface area contributed by atoms with Gasteiger partial charge in [-0.25, -0.2) is 4.79 Å². The van der Waals surface area contributed by atoms with Crippen LogP contribution in [0.5, 0.6) is 0 Å². The quantitative estimate of drug-likeness (QED) is 0.753. The number of benzene rings is 1. The number of carbonyl (C=O) groups excluding carboxylic acids is 1. The van der Waals surface area contributed by atoms with Gasteiger partial charge in [-0.2, -0.15) is 0 Å². The molecule has 0 spiro atoms. The molecule has 0 fully saturated rings. The molecule has 0 radical (unpaired) electrons. The molecule has 1 aromatic carbocycles. The second kappa shape index (κ2) is 6.51. The molecule has 1 aromatic rings. The summed E-state index contributed by atoms with van der Waals surface area (Å²) in [6.45, 7) is 1.51. The zero-order valence-corrected chi connectivity index (χ0v) is 11.5. The Bertz CT molecular complexity index is 431. The minimum absolute atomic E-state index is 0.223. The molecule has 0 bridgehead atoms. The van der Waals surface area contributed by atoms with Gasteiger partial charge in [-0.15, -0.1) is 0 Å². The maximum atomic E-state index is 11.4. The van der Waals surface area contributed by atoms with Crippen molar-refractivity contribution in [2.24, 2.45) is 5.73 Å². The molecule has 0 aliphatic carbocycles. The molecule has 0 aromatic heterocycles. The molecule has 0 unspecified atom stereocenters. The molecule has 0 aliphatic rings. The summed E-state index contributed by atoms with van der Waals surface area (Å²) in [4.78, 5) is 22.5. The molecule has 98 valence electrons. The van der Waals surface area contributed by atoms with Gasteiger partial charge >= 0.3 is 5.97 Å². The highest BCUT2D eigenvalue weighted by Gasteiger charge is 2.21. The summed E-state index contributed by atoms with van der Waals surface area (Å²) < 4.78 is 0.915. The van der Waals surface area contributed by atoms with Gasteiger partial charge in [-0.05, 0) is 24.6 Å². The van der Waals surface area contributed by atoms with Crippen LogP contribution < -0.4 is 11.1 Å². The molecule has 0 aliphatic heterocycles. The fourth-order valence-electron chi connectivity index (χ4n) is 1.36. The van der Waals surface area contributed by atoms with Crippen LogP contribution in [0, 0.1) is 0 Å². The number of nitrogens with one attached hydrogen (secondary N) is 1. The van der Waals surface area contributed by atoms with E-state index in [-0.39, 0.29) is 6.42 Å². The second-order valence-electron chi connectivity index (χ2n) is 4.02. The molecule has 0 saturated carbocycles.